The number of aryl methyl sites for hydroxylation is 1. The molecule has 0 saturated carbocycles. The molecule has 0 bridgehead atoms. The molecule has 3 aromatic carbocycles. The molecule has 2 heterocycles. The standard InChI is InChI=1S/C32H34N4O3/c1-35(17-19-38-2)32(37)29-21-33-20-28(29)31(27-15-8-11-24-10-6-7-14-26(24)27)30-22-34-23-36(30)16-9-18-39-25-12-4-3-5-13-25/h3-8,10-15,20-23,31,33H,9,16-19H2,1-2H3. The second-order valence-electron chi connectivity index (χ2n) is 9.57. The van der Waals surface area contributed by atoms with Crippen molar-refractivity contribution in [2.75, 3.05) is 33.9 Å². The van der Waals surface area contributed by atoms with Crippen molar-refractivity contribution >= 4 is 16.7 Å². The van der Waals surface area contributed by atoms with Gasteiger partial charge >= 0.3 is 0 Å². The number of nitrogens with zero attached hydrogens (tertiary/aromatic N) is 3. The van der Waals surface area contributed by atoms with E-state index < -0.39 is 0 Å². The molecule has 0 fully saturated rings. The molecule has 0 radical (unpaired) electrons. The minimum Gasteiger partial charge on any atom is -0.494 e. The van der Waals surface area contributed by atoms with E-state index in [0.29, 0.717) is 25.3 Å². The quantitative estimate of drug-likeness (QED) is 0.212. The van der Waals surface area contributed by atoms with Crippen LogP contribution < -0.4 is 4.74 Å². The maximum atomic E-state index is 13.5. The summed E-state index contributed by atoms with van der Waals surface area (Å²) in [6.45, 7) is 2.33. The summed E-state index contributed by atoms with van der Waals surface area (Å²) in [6.07, 6.45) is 8.35. The molecular weight excluding hydrogens is 488 g/mol. The Morgan fingerprint density at radius 2 is 1.77 bits per heavy atom. The fourth-order valence-electron chi connectivity index (χ4n) is 5.02. The number of rotatable bonds is 12. The normalized spacial score (nSPS) is 11.9. The first kappa shape index (κ1) is 26.3. The summed E-state index contributed by atoms with van der Waals surface area (Å²) >= 11 is 0. The fraction of sp³-hybridized carbons (Fsp3) is 0.250. The average molecular weight is 523 g/mol. The van der Waals surface area contributed by atoms with Gasteiger partial charge < -0.3 is 23.9 Å². The number of carbonyl (C=O) groups is 1. The number of likely N-dealkylation sites (N-methyl/N-ethyl adjacent to an activating group) is 1. The molecule has 0 aliphatic carbocycles. The number of para-hydroxylation sites is 1. The Kier molecular flexibility index (Phi) is 8.39. The van der Waals surface area contributed by atoms with E-state index in [1.807, 2.05) is 62.2 Å². The summed E-state index contributed by atoms with van der Waals surface area (Å²) in [4.78, 5) is 23.0. The number of hydrogen-bond donors (Lipinski definition) is 1. The third-order valence-electron chi connectivity index (χ3n) is 7.03. The highest BCUT2D eigenvalue weighted by molar-refractivity contribution is 5.96. The van der Waals surface area contributed by atoms with Crippen LogP contribution in [-0.2, 0) is 11.3 Å². The van der Waals surface area contributed by atoms with E-state index in [1.54, 1.807) is 18.2 Å². The molecule has 200 valence electrons. The van der Waals surface area contributed by atoms with Gasteiger partial charge in [-0.2, -0.15) is 0 Å². The van der Waals surface area contributed by atoms with Gasteiger partial charge in [-0.25, -0.2) is 4.98 Å². The highest BCUT2D eigenvalue weighted by Crippen LogP contribution is 2.38. The van der Waals surface area contributed by atoms with Gasteiger partial charge in [-0.15, -0.1) is 0 Å². The monoisotopic (exact) mass is 522 g/mol. The largest absolute Gasteiger partial charge is 0.494 e. The number of fused-ring (bicyclic) bond motifs is 1. The zero-order valence-electron chi connectivity index (χ0n) is 22.4. The van der Waals surface area contributed by atoms with E-state index in [4.69, 9.17) is 9.47 Å². The van der Waals surface area contributed by atoms with Crippen LogP contribution in [0.1, 0.15) is 39.5 Å². The Labute approximate surface area is 229 Å². The van der Waals surface area contributed by atoms with Gasteiger partial charge in [-0.3, -0.25) is 4.79 Å². The maximum Gasteiger partial charge on any atom is 0.255 e. The van der Waals surface area contributed by atoms with Crippen LogP contribution in [0.5, 0.6) is 5.75 Å². The van der Waals surface area contributed by atoms with Gasteiger partial charge in [0, 0.05) is 51.5 Å². The number of amides is 1. The van der Waals surface area contributed by atoms with Crippen LogP contribution in [0.4, 0.5) is 0 Å². The lowest BCUT2D eigenvalue weighted by Gasteiger charge is -2.23. The number of benzene rings is 3. The summed E-state index contributed by atoms with van der Waals surface area (Å²) in [7, 11) is 3.45. The lowest BCUT2D eigenvalue weighted by atomic mass is 9.85. The molecule has 2 aromatic heterocycles. The Hall–Kier alpha value is -4.36. The van der Waals surface area contributed by atoms with E-state index >= 15 is 0 Å². The van der Waals surface area contributed by atoms with Crippen LogP contribution in [0.2, 0.25) is 0 Å². The van der Waals surface area contributed by atoms with Gasteiger partial charge in [-0.1, -0.05) is 60.7 Å². The molecule has 0 aliphatic rings. The van der Waals surface area contributed by atoms with Crippen LogP contribution in [0.15, 0.2) is 97.7 Å². The fourth-order valence-corrected chi connectivity index (χ4v) is 5.02. The molecule has 7 nitrogen and oxygen atoms in total. The first-order valence-corrected chi connectivity index (χ1v) is 13.2. The summed E-state index contributed by atoms with van der Waals surface area (Å²) in [5, 5.41) is 2.31. The number of methoxy groups -OCH3 is 1. The summed E-state index contributed by atoms with van der Waals surface area (Å²) < 4.78 is 13.3. The molecule has 1 unspecified atom stereocenters. The third-order valence-corrected chi connectivity index (χ3v) is 7.03. The number of nitrogens with one attached hydrogen (secondary N) is 1. The first-order valence-electron chi connectivity index (χ1n) is 13.2. The lowest BCUT2D eigenvalue weighted by molar-refractivity contribution is 0.0743. The lowest BCUT2D eigenvalue weighted by Crippen LogP contribution is -2.30. The third kappa shape index (κ3) is 5.89. The van der Waals surface area contributed by atoms with Crippen LogP contribution in [0.25, 0.3) is 10.8 Å². The molecule has 5 rings (SSSR count). The maximum absolute atomic E-state index is 13.5. The van der Waals surface area contributed by atoms with E-state index in [1.165, 1.54) is 0 Å². The molecule has 39 heavy (non-hydrogen) atoms. The first-order chi connectivity index (χ1) is 19.2. The van der Waals surface area contributed by atoms with E-state index in [2.05, 4.69) is 50.9 Å². The van der Waals surface area contributed by atoms with Gasteiger partial charge in [0.25, 0.3) is 5.91 Å². The summed E-state index contributed by atoms with van der Waals surface area (Å²) in [5.41, 5.74) is 3.72. The number of ether oxygens (including phenoxy) is 2. The summed E-state index contributed by atoms with van der Waals surface area (Å²) in [6, 6.07) is 24.6. The summed E-state index contributed by atoms with van der Waals surface area (Å²) in [5.74, 6) is 0.621. The molecule has 0 aliphatic heterocycles. The molecule has 0 saturated heterocycles. The Morgan fingerprint density at radius 1 is 0.974 bits per heavy atom. The molecule has 1 amide bonds. The van der Waals surface area contributed by atoms with Crippen molar-refractivity contribution in [3.8, 4) is 5.75 Å². The highest BCUT2D eigenvalue weighted by Gasteiger charge is 2.28. The van der Waals surface area contributed by atoms with E-state index in [0.717, 1.165) is 46.3 Å². The van der Waals surface area contributed by atoms with Crippen LogP contribution in [-0.4, -0.2) is 59.3 Å². The van der Waals surface area contributed by atoms with E-state index in [-0.39, 0.29) is 11.8 Å². The molecule has 7 heteroatoms. The SMILES string of the molecule is COCCN(C)C(=O)c1c[nH]cc1C(c1cccc2ccccc12)c1cncn1CCCOc1ccccc1. The Balaban J connectivity index is 1.50. The van der Waals surface area contributed by atoms with Crippen LogP contribution >= 0.6 is 0 Å². The van der Waals surface area contributed by atoms with Crippen molar-refractivity contribution < 1.29 is 14.3 Å². The van der Waals surface area contributed by atoms with Crippen molar-refractivity contribution in [1.29, 1.82) is 0 Å². The number of aromatic nitrogens is 3. The molecule has 1 N–H and O–H groups in total. The van der Waals surface area contributed by atoms with Gasteiger partial charge in [0.05, 0.1) is 31.0 Å². The van der Waals surface area contributed by atoms with Crippen molar-refractivity contribution in [2.45, 2.75) is 18.9 Å². The van der Waals surface area contributed by atoms with Gasteiger partial charge in [-0.05, 0) is 40.5 Å². The topological polar surface area (TPSA) is 72.4 Å². The predicted molar refractivity (Wildman–Crippen MR) is 153 cm³/mol. The average Bonchev–Trinajstić information content (AvgIpc) is 3.65. The molecular formula is C32H34N4O3. The molecule has 5 aromatic rings. The van der Waals surface area contributed by atoms with Gasteiger partial charge in [0.2, 0.25) is 0 Å². The van der Waals surface area contributed by atoms with Crippen molar-refractivity contribution in [2.24, 2.45) is 0 Å². The van der Waals surface area contributed by atoms with Crippen LogP contribution in [0, 0.1) is 0 Å². The van der Waals surface area contributed by atoms with Crippen molar-refractivity contribution in [1.82, 2.24) is 19.4 Å². The second kappa shape index (κ2) is 12.5. The minimum atomic E-state index is -0.199. The highest BCUT2D eigenvalue weighted by atomic mass is 16.5. The minimum absolute atomic E-state index is 0.0455. The zero-order valence-corrected chi connectivity index (χ0v) is 22.4. The smallest absolute Gasteiger partial charge is 0.255 e. The molecule has 0 spiro atoms. The van der Waals surface area contributed by atoms with Crippen molar-refractivity contribution in [3.05, 3.63) is 120 Å². The van der Waals surface area contributed by atoms with E-state index in [9.17, 15) is 4.79 Å². The number of carbonyl (C=O) groups excluding carboxylic acids is 1. The number of hydrogen-bond acceptors (Lipinski definition) is 4. The predicted octanol–water partition coefficient (Wildman–Crippen LogP) is 5.73. The van der Waals surface area contributed by atoms with Crippen molar-refractivity contribution in [3.63, 3.8) is 0 Å². The van der Waals surface area contributed by atoms with Gasteiger partial charge in [0.1, 0.15) is 5.75 Å². The second-order valence-corrected chi connectivity index (χ2v) is 9.57. The Bertz CT molecular complexity index is 1500. The van der Waals surface area contributed by atoms with Gasteiger partial charge in [0.15, 0.2) is 0 Å². The number of aromatic amines is 1. The molecule has 1 atom stereocenters. The number of H-pyrrole nitrogens is 1. The number of imidazole rings is 1. The zero-order chi connectivity index (χ0) is 27.0. The Morgan fingerprint density at radius 3 is 2.62 bits per heavy atom. The van der Waals surface area contributed by atoms with Crippen LogP contribution in [0.3, 0.4) is 0 Å².